The lowest BCUT2D eigenvalue weighted by Crippen LogP contribution is -2.38. The number of carbonyl (C=O) groups is 2. The molecule has 2 amide bonds. The molecule has 1 aliphatic rings. The molecular weight excluding hydrogens is 422 g/mol. The van der Waals surface area contributed by atoms with Crippen molar-refractivity contribution in [2.75, 3.05) is 6.61 Å². The van der Waals surface area contributed by atoms with Crippen molar-refractivity contribution >= 4 is 29.8 Å². The van der Waals surface area contributed by atoms with Crippen molar-refractivity contribution in [1.82, 2.24) is 10.7 Å². The lowest BCUT2D eigenvalue weighted by atomic mass is 9.95. The molecule has 3 rings (SSSR count). The third-order valence-electron chi connectivity index (χ3n) is 5.32. The molecule has 0 aliphatic heterocycles. The topological polar surface area (TPSA) is 79.8 Å². The minimum absolute atomic E-state index is 0.0124. The fraction of sp³-hybridized carbons (Fsp3) is 0.400. The smallest absolute Gasteiger partial charge is 0.258 e. The Balaban J connectivity index is 1.35. The normalized spacial score (nSPS) is 15.3. The molecule has 0 aromatic heterocycles. The van der Waals surface area contributed by atoms with Crippen LogP contribution in [-0.4, -0.2) is 35.9 Å². The number of benzene rings is 2. The Labute approximate surface area is 194 Å². The second-order valence-electron chi connectivity index (χ2n) is 7.93. The summed E-state index contributed by atoms with van der Waals surface area (Å²) in [4.78, 5) is 24.2. The monoisotopic (exact) mass is 453 g/mol. The van der Waals surface area contributed by atoms with Crippen LogP contribution in [0.3, 0.4) is 0 Å². The van der Waals surface area contributed by atoms with E-state index in [-0.39, 0.29) is 29.7 Å². The summed E-state index contributed by atoms with van der Waals surface area (Å²) in [6, 6.07) is 17.6. The molecule has 2 aromatic rings. The summed E-state index contributed by atoms with van der Waals surface area (Å²) in [7, 11) is 0. The van der Waals surface area contributed by atoms with E-state index in [0.29, 0.717) is 5.75 Å². The Hall–Kier alpha value is -2.80. The zero-order valence-corrected chi connectivity index (χ0v) is 19.3. The first-order chi connectivity index (χ1) is 15.6. The molecule has 0 spiro atoms. The Kier molecular flexibility index (Phi) is 9.62. The Morgan fingerprint density at radius 3 is 2.53 bits per heavy atom. The van der Waals surface area contributed by atoms with Crippen LogP contribution in [0.15, 0.2) is 59.7 Å². The van der Waals surface area contributed by atoms with E-state index in [2.05, 4.69) is 15.8 Å². The molecule has 170 valence electrons. The van der Waals surface area contributed by atoms with Crippen LogP contribution < -0.4 is 15.5 Å². The van der Waals surface area contributed by atoms with Gasteiger partial charge in [-0.1, -0.05) is 49.6 Å². The van der Waals surface area contributed by atoms with Gasteiger partial charge in [0.2, 0.25) is 0 Å². The maximum atomic E-state index is 12.2. The van der Waals surface area contributed by atoms with Crippen molar-refractivity contribution in [3.05, 3.63) is 65.7 Å². The molecule has 2 aromatic carbocycles. The lowest BCUT2D eigenvalue weighted by molar-refractivity contribution is -0.124. The van der Waals surface area contributed by atoms with Crippen LogP contribution in [0.4, 0.5) is 0 Å². The van der Waals surface area contributed by atoms with E-state index in [9.17, 15) is 9.59 Å². The largest absolute Gasteiger partial charge is 0.484 e. The number of carbonyl (C=O) groups excluding carboxylic acids is 2. The molecule has 0 unspecified atom stereocenters. The van der Waals surface area contributed by atoms with E-state index < -0.39 is 0 Å². The minimum atomic E-state index is -0.206. The molecule has 1 atom stereocenters. The van der Waals surface area contributed by atoms with Crippen molar-refractivity contribution in [2.24, 2.45) is 5.10 Å². The van der Waals surface area contributed by atoms with Crippen LogP contribution in [0, 0.1) is 0 Å². The Morgan fingerprint density at radius 1 is 1.09 bits per heavy atom. The molecule has 1 fully saturated rings. The summed E-state index contributed by atoms with van der Waals surface area (Å²) in [6.45, 7) is 1.88. The lowest BCUT2D eigenvalue weighted by Gasteiger charge is -2.22. The van der Waals surface area contributed by atoms with E-state index in [4.69, 9.17) is 4.74 Å². The number of hydrazone groups is 1. The summed E-state index contributed by atoms with van der Waals surface area (Å²) in [5, 5.41) is 6.88. The third kappa shape index (κ3) is 8.38. The zero-order valence-electron chi connectivity index (χ0n) is 18.5. The van der Waals surface area contributed by atoms with Crippen LogP contribution in [0.1, 0.15) is 50.2 Å². The number of nitrogens with zero attached hydrogens (tertiary/aromatic N) is 1. The van der Waals surface area contributed by atoms with Crippen molar-refractivity contribution in [1.29, 1.82) is 0 Å². The van der Waals surface area contributed by atoms with E-state index in [1.807, 2.05) is 49.4 Å². The maximum absolute atomic E-state index is 12.2. The number of amides is 2. The number of hydrogen-bond donors (Lipinski definition) is 2. The van der Waals surface area contributed by atoms with Gasteiger partial charge in [-0.15, -0.1) is 11.8 Å². The van der Waals surface area contributed by atoms with Crippen LogP contribution in [0.2, 0.25) is 0 Å². The highest BCUT2D eigenvalue weighted by molar-refractivity contribution is 7.99. The molecular formula is C25H31N3O3S. The molecule has 7 heteroatoms. The van der Waals surface area contributed by atoms with Crippen LogP contribution in [0.25, 0.3) is 0 Å². The fourth-order valence-electron chi connectivity index (χ4n) is 3.45. The molecule has 1 saturated carbocycles. The second kappa shape index (κ2) is 12.9. The van der Waals surface area contributed by atoms with E-state index in [1.165, 1.54) is 24.8 Å². The average molecular weight is 454 g/mol. The van der Waals surface area contributed by atoms with Gasteiger partial charge in [-0.3, -0.25) is 9.59 Å². The van der Waals surface area contributed by atoms with Gasteiger partial charge in [-0.2, -0.15) is 5.10 Å². The first-order valence-electron chi connectivity index (χ1n) is 11.1. The van der Waals surface area contributed by atoms with E-state index in [0.717, 1.165) is 24.2 Å². The quantitative estimate of drug-likeness (QED) is 0.416. The van der Waals surface area contributed by atoms with Gasteiger partial charge in [-0.05, 0) is 55.2 Å². The number of ether oxygens (including phenoxy) is 1. The first-order valence-corrected chi connectivity index (χ1v) is 12.2. The van der Waals surface area contributed by atoms with E-state index in [1.54, 1.807) is 30.1 Å². The van der Waals surface area contributed by atoms with Crippen molar-refractivity contribution in [3.8, 4) is 5.75 Å². The number of hydrogen-bond acceptors (Lipinski definition) is 5. The number of nitrogens with one attached hydrogen (secondary N) is 2. The van der Waals surface area contributed by atoms with Gasteiger partial charge in [0.15, 0.2) is 6.61 Å². The Bertz CT molecular complexity index is 881. The van der Waals surface area contributed by atoms with Gasteiger partial charge >= 0.3 is 0 Å². The SMILES string of the molecule is C[C@H](SCc1ccccc1)C(=O)N/N=C\c1ccc(OCC(=O)NC2CCCCC2)cc1. The van der Waals surface area contributed by atoms with Crippen LogP contribution in [0.5, 0.6) is 5.75 Å². The zero-order chi connectivity index (χ0) is 22.6. The first kappa shape index (κ1) is 23.9. The predicted molar refractivity (Wildman–Crippen MR) is 130 cm³/mol. The Morgan fingerprint density at radius 2 is 1.81 bits per heavy atom. The molecule has 6 nitrogen and oxygen atoms in total. The summed E-state index contributed by atoms with van der Waals surface area (Å²) in [5.41, 5.74) is 4.60. The van der Waals surface area contributed by atoms with Crippen LogP contribution in [-0.2, 0) is 15.3 Å². The third-order valence-corrected chi connectivity index (χ3v) is 6.53. The van der Waals surface area contributed by atoms with Crippen LogP contribution >= 0.6 is 11.8 Å². The van der Waals surface area contributed by atoms with Gasteiger partial charge in [0, 0.05) is 11.8 Å². The van der Waals surface area contributed by atoms with Gasteiger partial charge in [0.1, 0.15) is 5.75 Å². The molecule has 0 heterocycles. The minimum Gasteiger partial charge on any atom is -0.484 e. The summed E-state index contributed by atoms with van der Waals surface area (Å²) >= 11 is 1.57. The molecule has 0 saturated heterocycles. The average Bonchev–Trinajstić information content (AvgIpc) is 2.83. The van der Waals surface area contributed by atoms with Gasteiger partial charge in [0.25, 0.3) is 11.8 Å². The van der Waals surface area contributed by atoms with E-state index >= 15 is 0 Å². The van der Waals surface area contributed by atoms with Crippen molar-refractivity contribution < 1.29 is 14.3 Å². The molecule has 1 aliphatic carbocycles. The highest BCUT2D eigenvalue weighted by Crippen LogP contribution is 2.18. The number of rotatable bonds is 10. The summed E-state index contributed by atoms with van der Waals surface area (Å²) in [5.74, 6) is 1.19. The highest BCUT2D eigenvalue weighted by atomic mass is 32.2. The van der Waals surface area contributed by atoms with Crippen molar-refractivity contribution in [3.63, 3.8) is 0 Å². The fourth-order valence-corrected chi connectivity index (χ4v) is 4.29. The molecule has 32 heavy (non-hydrogen) atoms. The predicted octanol–water partition coefficient (Wildman–Crippen LogP) is 4.29. The second-order valence-corrected chi connectivity index (χ2v) is 9.26. The maximum Gasteiger partial charge on any atom is 0.258 e. The highest BCUT2D eigenvalue weighted by Gasteiger charge is 2.16. The van der Waals surface area contributed by atoms with Gasteiger partial charge in [-0.25, -0.2) is 5.43 Å². The molecule has 2 N–H and O–H groups in total. The molecule has 0 radical (unpaired) electrons. The van der Waals surface area contributed by atoms with Crippen molar-refractivity contribution in [2.45, 2.75) is 56.1 Å². The molecule has 0 bridgehead atoms. The summed E-state index contributed by atoms with van der Waals surface area (Å²) < 4.78 is 5.57. The van der Waals surface area contributed by atoms with Gasteiger partial charge in [0.05, 0.1) is 11.5 Å². The standard InChI is InChI=1S/C25H31N3O3S/c1-19(32-18-21-8-4-2-5-9-21)25(30)28-26-16-20-12-14-23(15-13-20)31-17-24(29)27-22-10-6-3-7-11-22/h2,4-5,8-9,12-16,19,22H,3,6-7,10-11,17-18H2,1H3,(H,27,29)(H,28,30)/b26-16-/t19-/m0/s1. The number of thioether (sulfide) groups is 1. The van der Waals surface area contributed by atoms with Gasteiger partial charge < -0.3 is 10.1 Å². The summed E-state index contributed by atoms with van der Waals surface area (Å²) in [6.07, 6.45) is 7.32.